The molecule has 0 spiro atoms. The van der Waals surface area contributed by atoms with Crippen LogP contribution in [0.4, 0.5) is 0 Å². The Labute approximate surface area is 192 Å². The van der Waals surface area contributed by atoms with E-state index in [9.17, 15) is 0 Å². The van der Waals surface area contributed by atoms with E-state index < -0.39 is 0 Å². The summed E-state index contributed by atoms with van der Waals surface area (Å²) in [5.74, 6) is 0. The summed E-state index contributed by atoms with van der Waals surface area (Å²) in [7, 11) is 0. The molecule has 0 bridgehead atoms. The molecule has 0 fully saturated rings. The smallest absolute Gasteiger partial charge is 1.00 e. The van der Waals surface area contributed by atoms with Crippen molar-refractivity contribution in [3.8, 4) is 5.69 Å². The Morgan fingerprint density at radius 1 is 0.857 bits per heavy atom. The third-order valence-corrected chi connectivity index (χ3v) is 4.43. The number of hydrogen-bond donors (Lipinski definition) is 0. The quantitative estimate of drug-likeness (QED) is 0.254. The molecule has 0 aliphatic carbocycles. The van der Waals surface area contributed by atoms with Crippen LogP contribution in [0.25, 0.3) is 27.5 Å². The summed E-state index contributed by atoms with van der Waals surface area (Å²) in [5.41, 5.74) is 5.62. The van der Waals surface area contributed by atoms with Crippen molar-refractivity contribution < 1.29 is 46.5 Å². The number of aryl methyl sites for hydroxylation is 2. The zero-order chi connectivity index (χ0) is 17.2. The van der Waals surface area contributed by atoms with Crippen LogP contribution in [0.5, 0.6) is 0 Å². The number of benzene rings is 2. The normalized spacial score (nSPS) is 9.64. The Bertz CT molecular complexity index is 986. The van der Waals surface area contributed by atoms with Gasteiger partial charge in [-0.05, 0) is 17.8 Å². The third-order valence-electron chi connectivity index (χ3n) is 4.43. The molecule has 0 saturated heterocycles. The van der Waals surface area contributed by atoms with Crippen LogP contribution < -0.4 is 24.8 Å². The van der Waals surface area contributed by atoms with Crippen LogP contribution in [-0.4, -0.2) is 15.0 Å². The molecule has 0 aliphatic heterocycles. The van der Waals surface area contributed by atoms with Crippen molar-refractivity contribution in [1.82, 2.24) is 15.0 Å². The predicted octanol–water partition coefficient (Wildman–Crippen LogP) is -0.680. The van der Waals surface area contributed by atoms with E-state index in [0.29, 0.717) is 0 Å². The topological polar surface area (TPSA) is 30.7 Å². The largest absolute Gasteiger partial charge is 4.00 e. The third kappa shape index (κ3) is 5.12. The molecule has 1 heterocycles. The molecule has 5 rings (SSSR count). The molecule has 3 nitrogen and oxygen atoms in total. The summed E-state index contributed by atoms with van der Waals surface area (Å²) in [4.78, 5) is 1.70. The van der Waals surface area contributed by atoms with E-state index in [2.05, 4.69) is 66.5 Å². The first kappa shape index (κ1) is 24.1. The molecule has 5 aromatic rings. The maximum absolute atomic E-state index is 4.48. The van der Waals surface area contributed by atoms with Gasteiger partial charge in [0.1, 0.15) is 11.0 Å². The van der Waals surface area contributed by atoms with Gasteiger partial charge in [-0.25, -0.2) is 12.1 Å². The number of fused-ring (bicyclic) bond motifs is 2. The van der Waals surface area contributed by atoms with E-state index in [4.69, 9.17) is 0 Å². The Kier molecular flexibility index (Phi) is 9.13. The van der Waals surface area contributed by atoms with E-state index in [1.807, 2.05) is 36.4 Å². The van der Waals surface area contributed by atoms with Crippen LogP contribution in [0.1, 0.15) is 11.1 Å². The average Bonchev–Trinajstić information content (AvgIpc) is 3.33. The predicted molar refractivity (Wildman–Crippen MR) is 103 cm³/mol. The number of nitrogens with zero attached hydrogens (tertiary/aromatic N) is 3. The first-order valence-electron chi connectivity index (χ1n) is 8.37. The summed E-state index contributed by atoms with van der Waals surface area (Å²) >= 11 is 0. The molecule has 0 aliphatic rings. The van der Waals surface area contributed by atoms with E-state index in [1.165, 1.54) is 21.9 Å². The van der Waals surface area contributed by atoms with Crippen molar-refractivity contribution in [2.75, 3.05) is 0 Å². The number of hydrogen-bond acceptors (Lipinski definition) is 2. The van der Waals surface area contributed by atoms with E-state index in [1.54, 1.807) is 4.80 Å². The van der Waals surface area contributed by atoms with Gasteiger partial charge in [0, 0.05) is 0 Å². The van der Waals surface area contributed by atoms with Gasteiger partial charge in [-0.2, -0.15) is 22.0 Å². The zero-order valence-corrected chi connectivity index (χ0v) is 18.7. The van der Waals surface area contributed by atoms with Gasteiger partial charge in [-0.1, -0.05) is 32.0 Å². The summed E-state index contributed by atoms with van der Waals surface area (Å²) in [6.07, 6.45) is 0. The van der Waals surface area contributed by atoms with E-state index >= 15 is 0 Å². The molecule has 4 aromatic carbocycles. The molecular formula is C22H19Cl2N3Ti. The molecule has 140 valence electrons. The first-order chi connectivity index (χ1) is 12.2. The summed E-state index contributed by atoms with van der Waals surface area (Å²) in [5, 5.41) is 11.4. The fraction of sp³-hybridized carbons (Fsp3) is 0.0909. The molecule has 0 atom stereocenters. The maximum Gasteiger partial charge on any atom is 4.00 e. The Balaban J connectivity index is 0.000000341. The zero-order valence-electron chi connectivity index (χ0n) is 15.6. The van der Waals surface area contributed by atoms with Crippen LogP contribution in [-0.2, 0) is 21.7 Å². The minimum atomic E-state index is 0. The Morgan fingerprint density at radius 2 is 1.46 bits per heavy atom. The molecular weight excluding hydrogens is 425 g/mol. The van der Waals surface area contributed by atoms with Crippen LogP contribution in [0.15, 0.2) is 78.9 Å². The molecule has 0 radical (unpaired) electrons. The second-order valence-electron chi connectivity index (χ2n) is 6.21. The Morgan fingerprint density at radius 3 is 1.96 bits per heavy atom. The van der Waals surface area contributed by atoms with Gasteiger partial charge >= 0.3 is 21.7 Å². The van der Waals surface area contributed by atoms with Gasteiger partial charge < -0.3 is 24.8 Å². The second-order valence-corrected chi connectivity index (χ2v) is 6.21. The number of aromatic nitrogens is 3. The van der Waals surface area contributed by atoms with Crippen LogP contribution in [0, 0.1) is 13.8 Å². The molecule has 0 amide bonds. The van der Waals surface area contributed by atoms with Crippen LogP contribution in [0.2, 0.25) is 0 Å². The maximum atomic E-state index is 4.48. The van der Waals surface area contributed by atoms with Crippen molar-refractivity contribution in [3.05, 3.63) is 90.0 Å². The van der Waals surface area contributed by atoms with Gasteiger partial charge in [0.2, 0.25) is 0 Å². The summed E-state index contributed by atoms with van der Waals surface area (Å²) < 4.78 is 0. The van der Waals surface area contributed by atoms with Crippen molar-refractivity contribution in [3.63, 3.8) is 0 Å². The van der Waals surface area contributed by atoms with Crippen LogP contribution in [0.3, 0.4) is 0 Å². The molecule has 0 saturated carbocycles. The summed E-state index contributed by atoms with van der Waals surface area (Å²) in [6, 6.07) is 26.7. The molecule has 1 aromatic heterocycles. The number of rotatable bonds is 1. The average molecular weight is 444 g/mol. The van der Waals surface area contributed by atoms with Crippen LogP contribution >= 0.6 is 0 Å². The standard InChI is InChI=1S/C15H10N3.C7H9.2ClH.Ti/c1-2-6-12-10-13(9-11(12)5-1)18-16-14-7-3-4-8-15(14)17-18;1-6-4-3-5-7(6)2;;;/h1-10H;3-5H,1-2H3;2*1H;/q2*-1;;;+4/p-2. The second kappa shape index (κ2) is 10.6. The Hall–Kier alpha value is -1.91. The van der Waals surface area contributed by atoms with Gasteiger partial charge in [0.05, 0.1) is 0 Å². The number of halogens is 2. The van der Waals surface area contributed by atoms with Crippen molar-refractivity contribution in [1.29, 1.82) is 0 Å². The molecule has 6 heteroatoms. The SMILES string of the molecule is Cc1ccc[c-]1C.[Cl-].[Cl-].[Ti+4].c1ccc2[cH-]c(-n3nc4ccccc4n3)cc2c1. The van der Waals surface area contributed by atoms with Gasteiger partial charge in [0.25, 0.3) is 0 Å². The van der Waals surface area contributed by atoms with Crippen molar-refractivity contribution in [2.24, 2.45) is 0 Å². The minimum Gasteiger partial charge on any atom is -1.00 e. The summed E-state index contributed by atoms with van der Waals surface area (Å²) in [6.45, 7) is 4.24. The molecule has 0 unspecified atom stereocenters. The van der Waals surface area contributed by atoms with Gasteiger partial charge in [-0.3, -0.25) is 0 Å². The van der Waals surface area contributed by atoms with Gasteiger partial charge in [0.15, 0.2) is 0 Å². The molecule has 28 heavy (non-hydrogen) atoms. The van der Waals surface area contributed by atoms with E-state index in [0.717, 1.165) is 16.7 Å². The minimum absolute atomic E-state index is 0. The van der Waals surface area contributed by atoms with Crippen molar-refractivity contribution in [2.45, 2.75) is 13.8 Å². The van der Waals surface area contributed by atoms with Crippen molar-refractivity contribution >= 4 is 21.8 Å². The van der Waals surface area contributed by atoms with Gasteiger partial charge in [-0.15, -0.1) is 51.3 Å². The fourth-order valence-corrected chi connectivity index (χ4v) is 2.82. The molecule has 0 N–H and O–H groups in total. The first-order valence-corrected chi connectivity index (χ1v) is 8.37. The fourth-order valence-electron chi connectivity index (χ4n) is 2.82. The van der Waals surface area contributed by atoms with E-state index in [-0.39, 0.29) is 46.5 Å². The monoisotopic (exact) mass is 443 g/mol.